The predicted molar refractivity (Wildman–Crippen MR) is 59.3 cm³/mol. The maximum Gasteiger partial charge on any atom is 0.0621 e. The van der Waals surface area contributed by atoms with E-state index < -0.39 is 0 Å². The number of nitrogens with one attached hydrogen (secondary N) is 1. The zero-order valence-electron chi connectivity index (χ0n) is 9.46. The molecule has 0 aromatic heterocycles. The number of unbranched alkanes of at least 4 members (excludes halogenated alkanes) is 1. The van der Waals surface area contributed by atoms with Gasteiger partial charge in [0, 0.05) is 24.5 Å². The standard InChI is InChI=1S/C11H24N2O/c1-3-4-5-9(2)13-6-10-7-14-8-11(10)12/h9-11,13H,3-8,12H2,1-2H3. The van der Waals surface area contributed by atoms with Crippen LogP contribution in [0.15, 0.2) is 0 Å². The Kier molecular flexibility index (Phi) is 5.45. The van der Waals surface area contributed by atoms with Crippen LogP contribution in [0.1, 0.15) is 33.1 Å². The van der Waals surface area contributed by atoms with Crippen LogP contribution in [0, 0.1) is 5.92 Å². The predicted octanol–water partition coefficient (Wildman–Crippen LogP) is 1.13. The zero-order valence-corrected chi connectivity index (χ0v) is 9.46. The molecule has 0 bridgehead atoms. The minimum absolute atomic E-state index is 0.237. The zero-order chi connectivity index (χ0) is 10.4. The van der Waals surface area contributed by atoms with Gasteiger partial charge in [0.05, 0.1) is 13.2 Å². The number of ether oxygens (including phenoxy) is 1. The van der Waals surface area contributed by atoms with Crippen LogP contribution in [0.3, 0.4) is 0 Å². The van der Waals surface area contributed by atoms with E-state index in [2.05, 4.69) is 19.2 Å². The van der Waals surface area contributed by atoms with Gasteiger partial charge in [-0.15, -0.1) is 0 Å². The van der Waals surface area contributed by atoms with Crippen molar-refractivity contribution in [1.82, 2.24) is 5.32 Å². The molecule has 3 N–H and O–H groups in total. The first-order valence-corrected chi connectivity index (χ1v) is 5.80. The molecule has 3 atom stereocenters. The first-order chi connectivity index (χ1) is 6.74. The fourth-order valence-corrected chi connectivity index (χ4v) is 1.79. The van der Waals surface area contributed by atoms with Crippen molar-refractivity contribution < 1.29 is 4.74 Å². The number of rotatable bonds is 6. The molecule has 1 saturated heterocycles. The highest BCUT2D eigenvalue weighted by Crippen LogP contribution is 2.10. The third kappa shape index (κ3) is 3.95. The van der Waals surface area contributed by atoms with Gasteiger partial charge in [-0.05, 0) is 13.3 Å². The Hall–Kier alpha value is -0.120. The quantitative estimate of drug-likeness (QED) is 0.675. The van der Waals surface area contributed by atoms with Crippen molar-refractivity contribution in [3.05, 3.63) is 0 Å². The first-order valence-electron chi connectivity index (χ1n) is 5.80. The molecule has 0 aromatic rings. The summed E-state index contributed by atoms with van der Waals surface area (Å²) in [5, 5.41) is 3.53. The summed E-state index contributed by atoms with van der Waals surface area (Å²) in [6, 6.07) is 0.851. The van der Waals surface area contributed by atoms with Gasteiger partial charge in [-0.25, -0.2) is 0 Å². The van der Waals surface area contributed by atoms with Gasteiger partial charge in [-0.3, -0.25) is 0 Å². The summed E-state index contributed by atoms with van der Waals surface area (Å²) in [5.41, 5.74) is 5.90. The van der Waals surface area contributed by atoms with Crippen molar-refractivity contribution in [2.24, 2.45) is 11.7 Å². The van der Waals surface area contributed by atoms with Crippen molar-refractivity contribution >= 4 is 0 Å². The van der Waals surface area contributed by atoms with E-state index in [1.165, 1.54) is 19.3 Å². The van der Waals surface area contributed by atoms with E-state index in [9.17, 15) is 0 Å². The Labute approximate surface area is 87.4 Å². The number of hydrogen-bond acceptors (Lipinski definition) is 3. The van der Waals surface area contributed by atoms with Gasteiger partial charge >= 0.3 is 0 Å². The fraction of sp³-hybridized carbons (Fsp3) is 1.00. The molecular formula is C11H24N2O. The highest BCUT2D eigenvalue weighted by Gasteiger charge is 2.24. The van der Waals surface area contributed by atoms with Crippen LogP contribution < -0.4 is 11.1 Å². The highest BCUT2D eigenvalue weighted by atomic mass is 16.5. The summed E-state index contributed by atoms with van der Waals surface area (Å²) >= 11 is 0. The van der Waals surface area contributed by atoms with E-state index >= 15 is 0 Å². The molecule has 14 heavy (non-hydrogen) atoms. The third-order valence-corrected chi connectivity index (χ3v) is 2.97. The molecule has 0 aromatic carbocycles. The Morgan fingerprint density at radius 3 is 2.86 bits per heavy atom. The normalized spacial score (nSPS) is 29.4. The lowest BCUT2D eigenvalue weighted by Gasteiger charge is -2.18. The SMILES string of the molecule is CCCCC(C)NCC1COCC1N. The fourth-order valence-electron chi connectivity index (χ4n) is 1.79. The van der Waals surface area contributed by atoms with Gasteiger partial charge in [-0.2, -0.15) is 0 Å². The topological polar surface area (TPSA) is 47.3 Å². The second-order valence-electron chi connectivity index (χ2n) is 4.41. The monoisotopic (exact) mass is 200 g/mol. The van der Waals surface area contributed by atoms with E-state index in [0.29, 0.717) is 12.0 Å². The molecule has 1 aliphatic heterocycles. The van der Waals surface area contributed by atoms with Crippen molar-refractivity contribution in [3.63, 3.8) is 0 Å². The maximum absolute atomic E-state index is 5.90. The molecule has 1 rings (SSSR count). The molecule has 1 heterocycles. The van der Waals surface area contributed by atoms with Crippen molar-refractivity contribution in [2.75, 3.05) is 19.8 Å². The summed E-state index contributed by atoms with van der Waals surface area (Å²) in [4.78, 5) is 0. The van der Waals surface area contributed by atoms with Crippen LogP contribution in [0.5, 0.6) is 0 Å². The summed E-state index contributed by atoms with van der Waals surface area (Å²) < 4.78 is 5.32. The van der Waals surface area contributed by atoms with Crippen LogP contribution in [-0.2, 0) is 4.74 Å². The molecule has 3 nitrogen and oxygen atoms in total. The molecule has 0 saturated carbocycles. The number of nitrogens with two attached hydrogens (primary N) is 1. The van der Waals surface area contributed by atoms with Gasteiger partial charge in [0.25, 0.3) is 0 Å². The smallest absolute Gasteiger partial charge is 0.0621 e. The highest BCUT2D eigenvalue weighted by molar-refractivity contribution is 4.80. The summed E-state index contributed by atoms with van der Waals surface area (Å²) in [6.45, 7) is 7.04. The van der Waals surface area contributed by atoms with Gasteiger partial charge in [-0.1, -0.05) is 19.8 Å². The van der Waals surface area contributed by atoms with Crippen LogP contribution in [-0.4, -0.2) is 31.8 Å². The van der Waals surface area contributed by atoms with Crippen molar-refractivity contribution in [1.29, 1.82) is 0 Å². The Morgan fingerprint density at radius 1 is 1.50 bits per heavy atom. The molecule has 0 spiro atoms. The summed E-state index contributed by atoms with van der Waals surface area (Å²) in [7, 11) is 0. The third-order valence-electron chi connectivity index (χ3n) is 2.97. The maximum atomic E-state index is 5.90. The van der Waals surface area contributed by atoms with Gasteiger partial charge in [0.1, 0.15) is 0 Å². The molecule has 0 amide bonds. The molecule has 3 heteroatoms. The second-order valence-corrected chi connectivity index (χ2v) is 4.41. The minimum atomic E-state index is 0.237. The van der Waals surface area contributed by atoms with Gasteiger partial charge < -0.3 is 15.8 Å². The van der Waals surface area contributed by atoms with E-state index in [4.69, 9.17) is 10.5 Å². The second kappa shape index (κ2) is 6.38. The Balaban J connectivity index is 2.07. The van der Waals surface area contributed by atoms with Gasteiger partial charge in [0.15, 0.2) is 0 Å². The molecule has 0 aliphatic carbocycles. The summed E-state index contributed by atoms with van der Waals surface area (Å²) in [6.07, 6.45) is 3.85. The Bertz CT molecular complexity index is 152. The van der Waals surface area contributed by atoms with Crippen LogP contribution in [0.2, 0.25) is 0 Å². The van der Waals surface area contributed by atoms with Crippen molar-refractivity contribution in [2.45, 2.75) is 45.2 Å². The molecule has 84 valence electrons. The average molecular weight is 200 g/mol. The Morgan fingerprint density at radius 2 is 2.29 bits per heavy atom. The van der Waals surface area contributed by atoms with E-state index in [0.717, 1.165) is 19.8 Å². The lowest BCUT2D eigenvalue weighted by molar-refractivity contribution is 0.183. The van der Waals surface area contributed by atoms with Crippen molar-refractivity contribution in [3.8, 4) is 0 Å². The minimum Gasteiger partial charge on any atom is -0.379 e. The van der Waals surface area contributed by atoms with E-state index in [1.807, 2.05) is 0 Å². The average Bonchev–Trinajstić information content (AvgIpc) is 2.58. The van der Waals surface area contributed by atoms with Crippen LogP contribution in [0.25, 0.3) is 0 Å². The van der Waals surface area contributed by atoms with E-state index in [1.54, 1.807) is 0 Å². The largest absolute Gasteiger partial charge is 0.379 e. The molecular weight excluding hydrogens is 176 g/mol. The van der Waals surface area contributed by atoms with Crippen LogP contribution >= 0.6 is 0 Å². The molecule has 3 unspecified atom stereocenters. The lowest BCUT2D eigenvalue weighted by atomic mass is 10.0. The van der Waals surface area contributed by atoms with Crippen LogP contribution in [0.4, 0.5) is 0 Å². The molecule has 1 aliphatic rings. The van der Waals surface area contributed by atoms with Gasteiger partial charge in [0.2, 0.25) is 0 Å². The molecule has 1 fully saturated rings. The molecule has 0 radical (unpaired) electrons. The lowest BCUT2D eigenvalue weighted by Crippen LogP contribution is -2.39. The first kappa shape index (κ1) is 12.0. The number of hydrogen-bond donors (Lipinski definition) is 2. The van der Waals surface area contributed by atoms with E-state index in [-0.39, 0.29) is 6.04 Å². The summed E-state index contributed by atoms with van der Waals surface area (Å²) in [5.74, 6) is 0.513.